The van der Waals surface area contributed by atoms with Gasteiger partial charge in [0, 0.05) is 11.5 Å². The fraction of sp³-hybridized carbons (Fsp3) is 0.947. The molecule has 0 radical (unpaired) electrons. The van der Waals surface area contributed by atoms with E-state index in [1.165, 1.54) is 70.4 Å². The highest BCUT2D eigenvalue weighted by Gasteiger charge is 2.41. The van der Waals surface area contributed by atoms with Gasteiger partial charge in [0.1, 0.15) is 0 Å². The maximum Gasteiger partial charge on any atom is 0.225 e. The summed E-state index contributed by atoms with van der Waals surface area (Å²) in [6.45, 7) is 4.23. The first kappa shape index (κ1) is 16.7. The fourth-order valence-electron chi connectivity index (χ4n) is 4.93. The lowest BCUT2D eigenvalue weighted by molar-refractivity contribution is -0.126. The second-order valence-electron chi connectivity index (χ2n) is 8.54. The van der Waals surface area contributed by atoms with E-state index in [0.717, 1.165) is 17.7 Å². The van der Waals surface area contributed by atoms with Crippen LogP contribution in [-0.4, -0.2) is 29.4 Å². The van der Waals surface area contributed by atoms with E-state index < -0.39 is 0 Å². The van der Waals surface area contributed by atoms with Gasteiger partial charge in [0.15, 0.2) is 0 Å². The van der Waals surface area contributed by atoms with Crippen molar-refractivity contribution in [1.82, 2.24) is 5.32 Å². The van der Waals surface area contributed by atoms with Crippen molar-refractivity contribution in [1.29, 1.82) is 0 Å². The van der Waals surface area contributed by atoms with Gasteiger partial charge in [0.25, 0.3) is 0 Å². The average Bonchev–Trinajstić information content (AvgIpc) is 2.79. The Morgan fingerprint density at radius 1 is 0.955 bits per heavy atom. The summed E-state index contributed by atoms with van der Waals surface area (Å²) in [5, 5.41) is 3.33. The standard InChI is InChI=1S/C19H34NOP/c1-19(2)13-15(20-18(19)21)14-22(16-9-5-3-6-10-16)17-11-7-4-8-12-17/h15-17H,3-14H2,1-2H3,(H,20,21)/t15-/m0/s1. The second kappa shape index (κ2) is 7.20. The minimum atomic E-state index is -0.134. The van der Waals surface area contributed by atoms with Gasteiger partial charge in [-0.25, -0.2) is 0 Å². The highest BCUT2D eigenvalue weighted by Crippen LogP contribution is 2.56. The van der Waals surface area contributed by atoms with Crippen LogP contribution in [0.1, 0.15) is 84.5 Å². The van der Waals surface area contributed by atoms with Crippen LogP contribution in [0.4, 0.5) is 0 Å². The number of carbonyl (C=O) groups excluding carboxylic acids is 1. The van der Waals surface area contributed by atoms with Crippen LogP contribution in [0, 0.1) is 5.41 Å². The van der Waals surface area contributed by atoms with Crippen LogP contribution in [0.25, 0.3) is 0 Å². The molecule has 0 aromatic carbocycles. The zero-order valence-corrected chi connectivity index (χ0v) is 15.5. The third-order valence-corrected chi connectivity index (χ3v) is 10.00. The maximum absolute atomic E-state index is 12.1. The molecule has 22 heavy (non-hydrogen) atoms. The molecule has 126 valence electrons. The summed E-state index contributed by atoms with van der Waals surface area (Å²) in [5.41, 5.74) is 1.88. The van der Waals surface area contributed by atoms with Crippen molar-refractivity contribution >= 4 is 13.8 Å². The van der Waals surface area contributed by atoms with Gasteiger partial charge in [-0.1, -0.05) is 60.3 Å². The Kier molecular flexibility index (Phi) is 5.48. The Morgan fingerprint density at radius 2 is 1.45 bits per heavy atom. The summed E-state index contributed by atoms with van der Waals surface area (Å²) in [5.74, 6) is 0.291. The predicted octanol–water partition coefficient (Wildman–Crippen LogP) is 5.05. The molecule has 1 aliphatic heterocycles. The Balaban J connectivity index is 1.66. The maximum atomic E-state index is 12.1. The molecular weight excluding hydrogens is 289 g/mol. The quantitative estimate of drug-likeness (QED) is 0.721. The lowest BCUT2D eigenvalue weighted by Gasteiger charge is -2.39. The Bertz CT molecular complexity index is 365. The molecular formula is C19H34NOP. The SMILES string of the molecule is CC1(C)C[C@@H](CP(C2CCCCC2)C2CCCCC2)NC1=O. The van der Waals surface area contributed by atoms with Crippen molar-refractivity contribution < 1.29 is 4.79 Å². The van der Waals surface area contributed by atoms with Gasteiger partial charge in [-0.05, 0) is 49.6 Å². The van der Waals surface area contributed by atoms with E-state index in [9.17, 15) is 4.79 Å². The van der Waals surface area contributed by atoms with Crippen molar-refractivity contribution in [3.63, 3.8) is 0 Å². The zero-order valence-electron chi connectivity index (χ0n) is 14.6. The van der Waals surface area contributed by atoms with E-state index >= 15 is 0 Å². The lowest BCUT2D eigenvalue weighted by atomic mass is 9.90. The minimum Gasteiger partial charge on any atom is -0.353 e. The molecule has 0 aromatic heterocycles. The van der Waals surface area contributed by atoms with Crippen LogP contribution < -0.4 is 5.32 Å². The lowest BCUT2D eigenvalue weighted by Crippen LogP contribution is -2.33. The topological polar surface area (TPSA) is 29.1 Å². The van der Waals surface area contributed by atoms with Crippen LogP contribution >= 0.6 is 7.92 Å². The predicted molar refractivity (Wildman–Crippen MR) is 95.9 cm³/mol. The first-order valence-corrected chi connectivity index (χ1v) is 11.3. The van der Waals surface area contributed by atoms with Crippen LogP contribution in [-0.2, 0) is 4.79 Å². The van der Waals surface area contributed by atoms with Crippen LogP contribution in [0.15, 0.2) is 0 Å². The summed E-state index contributed by atoms with van der Waals surface area (Å²) in [6.07, 6.45) is 17.0. The summed E-state index contributed by atoms with van der Waals surface area (Å²) in [7, 11) is 0.117. The molecule has 0 bridgehead atoms. The molecule has 1 amide bonds. The van der Waals surface area contributed by atoms with Crippen molar-refractivity contribution in [2.24, 2.45) is 5.41 Å². The molecule has 1 atom stereocenters. The number of carbonyl (C=O) groups is 1. The number of rotatable bonds is 4. The fourth-order valence-corrected chi connectivity index (χ4v) is 8.91. The first-order chi connectivity index (χ1) is 10.6. The van der Waals surface area contributed by atoms with Crippen molar-refractivity contribution in [2.45, 2.75) is 102 Å². The smallest absolute Gasteiger partial charge is 0.225 e. The summed E-state index contributed by atoms with van der Waals surface area (Å²) in [6, 6.07) is 0.470. The molecule has 0 aromatic rings. The normalized spacial score (nSPS) is 30.7. The Hall–Kier alpha value is -0.100. The number of hydrogen-bond donors (Lipinski definition) is 1. The van der Waals surface area contributed by atoms with Gasteiger partial charge in [0.05, 0.1) is 0 Å². The summed E-state index contributed by atoms with van der Waals surface area (Å²) < 4.78 is 0. The first-order valence-electron chi connectivity index (χ1n) is 9.63. The summed E-state index contributed by atoms with van der Waals surface area (Å²) in [4.78, 5) is 12.1. The van der Waals surface area contributed by atoms with Gasteiger partial charge in [0.2, 0.25) is 5.91 Å². The van der Waals surface area contributed by atoms with Crippen LogP contribution in [0.3, 0.4) is 0 Å². The molecule has 3 heteroatoms. The van der Waals surface area contributed by atoms with Gasteiger partial charge in [-0.3, -0.25) is 4.79 Å². The van der Waals surface area contributed by atoms with E-state index in [0.29, 0.717) is 11.9 Å². The van der Waals surface area contributed by atoms with E-state index in [-0.39, 0.29) is 13.3 Å². The molecule has 2 saturated carbocycles. The van der Waals surface area contributed by atoms with Gasteiger partial charge >= 0.3 is 0 Å². The molecule has 3 fully saturated rings. The molecule has 0 spiro atoms. The van der Waals surface area contributed by atoms with E-state index in [1.807, 2.05) is 0 Å². The van der Waals surface area contributed by atoms with E-state index in [1.54, 1.807) is 0 Å². The van der Waals surface area contributed by atoms with Crippen LogP contribution in [0.2, 0.25) is 0 Å². The highest BCUT2D eigenvalue weighted by atomic mass is 31.1. The molecule has 1 heterocycles. The van der Waals surface area contributed by atoms with Crippen LogP contribution in [0.5, 0.6) is 0 Å². The Labute approximate surface area is 138 Å². The van der Waals surface area contributed by atoms with Gasteiger partial charge in [-0.15, -0.1) is 0 Å². The molecule has 3 aliphatic rings. The van der Waals surface area contributed by atoms with Crippen molar-refractivity contribution in [3.8, 4) is 0 Å². The summed E-state index contributed by atoms with van der Waals surface area (Å²) >= 11 is 0. The molecule has 2 nitrogen and oxygen atoms in total. The minimum absolute atomic E-state index is 0.117. The highest BCUT2D eigenvalue weighted by molar-refractivity contribution is 7.59. The molecule has 1 N–H and O–H groups in total. The molecule has 1 saturated heterocycles. The van der Waals surface area contributed by atoms with E-state index in [4.69, 9.17) is 0 Å². The second-order valence-corrected chi connectivity index (χ2v) is 11.4. The van der Waals surface area contributed by atoms with Crippen molar-refractivity contribution in [3.05, 3.63) is 0 Å². The number of amides is 1. The number of hydrogen-bond acceptors (Lipinski definition) is 1. The largest absolute Gasteiger partial charge is 0.353 e. The molecule has 2 aliphatic carbocycles. The van der Waals surface area contributed by atoms with Crippen molar-refractivity contribution in [2.75, 3.05) is 6.16 Å². The van der Waals surface area contributed by atoms with E-state index in [2.05, 4.69) is 19.2 Å². The average molecular weight is 323 g/mol. The zero-order chi connectivity index (χ0) is 15.6. The third kappa shape index (κ3) is 3.86. The molecule has 0 unspecified atom stereocenters. The number of nitrogens with one attached hydrogen (secondary N) is 1. The molecule has 3 rings (SSSR count). The Morgan fingerprint density at radius 3 is 1.86 bits per heavy atom. The third-order valence-electron chi connectivity index (χ3n) is 6.23. The van der Waals surface area contributed by atoms with Gasteiger partial charge < -0.3 is 5.32 Å². The monoisotopic (exact) mass is 323 g/mol. The van der Waals surface area contributed by atoms with Gasteiger partial charge in [-0.2, -0.15) is 0 Å².